The van der Waals surface area contributed by atoms with Crippen LogP contribution in [0.15, 0.2) is 53.1 Å². The second-order valence-corrected chi connectivity index (χ2v) is 6.26. The Morgan fingerprint density at radius 2 is 1.86 bits per heavy atom. The normalized spacial score (nSPS) is 11.5. The van der Waals surface area contributed by atoms with Crippen molar-refractivity contribution in [1.82, 2.24) is 15.2 Å². The maximum atomic E-state index is 12.7. The van der Waals surface area contributed by atoms with Gasteiger partial charge in [0, 0.05) is 5.56 Å². The van der Waals surface area contributed by atoms with E-state index in [0.29, 0.717) is 21.7 Å². The minimum absolute atomic E-state index is 0.109. The number of hydroxylamine groups is 2. The van der Waals surface area contributed by atoms with Gasteiger partial charge in [0.1, 0.15) is 0 Å². The summed E-state index contributed by atoms with van der Waals surface area (Å²) in [7, 11) is 0. The molecule has 0 fully saturated rings. The molecule has 10 heteroatoms. The summed E-state index contributed by atoms with van der Waals surface area (Å²) in [5.74, 6) is -2.00. The summed E-state index contributed by atoms with van der Waals surface area (Å²) >= 11 is 6.08. The molecule has 0 spiro atoms. The van der Waals surface area contributed by atoms with Gasteiger partial charge in [0.25, 0.3) is 5.91 Å². The topological polar surface area (TPSA) is 68.5 Å². The second-order valence-electron chi connectivity index (χ2n) is 5.86. The van der Waals surface area contributed by atoms with Crippen LogP contribution in [0.2, 0.25) is 5.02 Å². The quantitative estimate of drug-likeness (QED) is 0.520. The van der Waals surface area contributed by atoms with Crippen molar-refractivity contribution in [2.45, 2.75) is 19.6 Å². The highest BCUT2D eigenvalue weighted by molar-refractivity contribution is 6.33. The van der Waals surface area contributed by atoms with E-state index < -0.39 is 18.0 Å². The molecule has 2 aromatic carbocycles. The largest absolute Gasteiger partial charge is 0.471 e. The summed E-state index contributed by atoms with van der Waals surface area (Å²) in [5.41, 5.74) is 1.32. The molecule has 0 saturated carbocycles. The second kappa shape index (κ2) is 8.62. The molecule has 1 heterocycles. The van der Waals surface area contributed by atoms with E-state index in [9.17, 15) is 18.0 Å². The Kier molecular flexibility index (Phi) is 6.19. The van der Waals surface area contributed by atoms with Crippen molar-refractivity contribution in [2.75, 3.05) is 6.61 Å². The summed E-state index contributed by atoms with van der Waals surface area (Å²) < 4.78 is 42.0. The lowest BCUT2D eigenvalue weighted by molar-refractivity contribution is -0.159. The monoisotopic (exact) mass is 425 g/mol. The summed E-state index contributed by atoms with van der Waals surface area (Å²) in [5, 5.41) is 4.81. The lowest BCUT2D eigenvalue weighted by Gasteiger charge is -2.22. The Morgan fingerprint density at radius 1 is 1.17 bits per heavy atom. The van der Waals surface area contributed by atoms with Gasteiger partial charge in [0.2, 0.25) is 5.82 Å². The van der Waals surface area contributed by atoms with Crippen LogP contribution in [0.4, 0.5) is 13.2 Å². The zero-order chi connectivity index (χ0) is 21.0. The summed E-state index contributed by atoms with van der Waals surface area (Å²) in [4.78, 5) is 21.5. The molecule has 0 unspecified atom stereocenters. The number of alkyl halides is 3. The molecule has 0 aliphatic carbocycles. The average molecular weight is 426 g/mol. The highest BCUT2D eigenvalue weighted by Crippen LogP contribution is 2.29. The van der Waals surface area contributed by atoms with E-state index in [-0.39, 0.29) is 19.0 Å². The van der Waals surface area contributed by atoms with Gasteiger partial charge in [0.05, 0.1) is 23.7 Å². The third kappa shape index (κ3) is 4.93. The molecule has 0 bridgehead atoms. The molecule has 0 radical (unpaired) electrons. The van der Waals surface area contributed by atoms with E-state index in [0.717, 1.165) is 0 Å². The Morgan fingerprint density at radius 3 is 2.45 bits per heavy atom. The molecule has 0 atom stereocenters. The molecular weight excluding hydrogens is 411 g/mol. The van der Waals surface area contributed by atoms with Crippen molar-refractivity contribution < 1.29 is 27.3 Å². The van der Waals surface area contributed by atoms with E-state index >= 15 is 0 Å². The smallest absolute Gasteiger partial charge is 0.329 e. The van der Waals surface area contributed by atoms with E-state index in [1.54, 1.807) is 43.3 Å². The molecule has 1 aromatic heterocycles. The zero-order valence-corrected chi connectivity index (χ0v) is 15.9. The lowest BCUT2D eigenvalue weighted by Crippen LogP contribution is -2.31. The highest BCUT2D eigenvalue weighted by atomic mass is 35.5. The number of aromatic nitrogens is 2. The van der Waals surface area contributed by atoms with Gasteiger partial charge >= 0.3 is 12.1 Å². The van der Waals surface area contributed by atoms with Crippen molar-refractivity contribution in [1.29, 1.82) is 0 Å². The SMILES string of the molecule is CCON(Cc1ccc(-c2noc(C(F)(F)F)n2)cc1)C(=O)c1ccccc1Cl. The predicted octanol–water partition coefficient (Wildman–Crippen LogP) is 5.00. The van der Waals surface area contributed by atoms with Crippen LogP contribution in [-0.2, 0) is 17.6 Å². The van der Waals surface area contributed by atoms with E-state index in [1.165, 1.54) is 17.2 Å². The van der Waals surface area contributed by atoms with Crippen LogP contribution in [0.3, 0.4) is 0 Å². The Hall–Kier alpha value is -2.91. The summed E-state index contributed by atoms with van der Waals surface area (Å²) in [6.45, 7) is 2.11. The Balaban J connectivity index is 1.77. The van der Waals surface area contributed by atoms with Crippen molar-refractivity contribution in [3.05, 3.63) is 70.6 Å². The van der Waals surface area contributed by atoms with Crippen molar-refractivity contribution in [2.24, 2.45) is 0 Å². The molecule has 0 aliphatic heterocycles. The van der Waals surface area contributed by atoms with E-state index in [2.05, 4.69) is 14.7 Å². The van der Waals surface area contributed by atoms with E-state index in [4.69, 9.17) is 16.4 Å². The fraction of sp³-hybridized carbons (Fsp3) is 0.211. The van der Waals surface area contributed by atoms with Gasteiger partial charge in [-0.1, -0.05) is 53.2 Å². The van der Waals surface area contributed by atoms with Crippen molar-refractivity contribution in [3.63, 3.8) is 0 Å². The fourth-order valence-electron chi connectivity index (χ4n) is 2.48. The van der Waals surface area contributed by atoms with Crippen LogP contribution in [-0.4, -0.2) is 27.7 Å². The Bertz CT molecular complexity index is 990. The third-order valence-corrected chi connectivity index (χ3v) is 4.15. The first-order valence-electron chi connectivity index (χ1n) is 8.49. The molecule has 3 aromatic rings. The summed E-state index contributed by atoms with van der Waals surface area (Å²) in [6, 6.07) is 12.9. The summed E-state index contributed by atoms with van der Waals surface area (Å²) in [6.07, 6.45) is -4.71. The predicted molar refractivity (Wildman–Crippen MR) is 97.7 cm³/mol. The number of rotatable bonds is 6. The zero-order valence-electron chi connectivity index (χ0n) is 15.1. The number of halogens is 4. The number of amides is 1. The van der Waals surface area contributed by atoms with Crippen molar-refractivity contribution >= 4 is 17.5 Å². The average Bonchev–Trinajstić information content (AvgIpc) is 3.19. The number of nitrogens with zero attached hydrogens (tertiary/aromatic N) is 3. The molecule has 0 aliphatic rings. The fourth-order valence-corrected chi connectivity index (χ4v) is 2.70. The first-order chi connectivity index (χ1) is 13.8. The van der Waals surface area contributed by atoms with Gasteiger partial charge in [-0.2, -0.15) is 18.2 Å². The van der Waals surface area contributed by atoms with Gasteiger partial charge in [-0.25, -0.2) is 5.06 Å². The highest BCUT2D eigenvalue weighted by Gasteiger charge is 2.38. The van der Waals surface area contributed by atoms with Gasteiger partial charge in [-0.3, -0.25) is 9.63 Å². The third-order valence-electron chi connectivity index (χ3n) is 3.82. The van der Waals surface area contributed by atoms with Crippen LogP contribution in [0.1, 0.15) is 28.7 Å². The minimum Gasteiger partial charge on any atom is -0.329 e. The molecule has 6 nitrogen and oxygen atoms in total. The number of carbonyl (C=O) groups excluding carboxylic acids is 1. The van der Waals surface area contributed by atoms with E-state index in [1.807, 2.05) is 0 Å². The number of hydrogen-bond acceptors (Lipinski definition) is 5. The molecule has 3 rings (SSSR count). The maximum absolute atomic E-state index is 12.7. The van der Waals surface area contributed by atoms with Crippen LogP contribution < -0.4 is 0 Å². The van der Waals surface area contributed by atoms with Gasteiger partial charge in [-0.15, -0.1) is 0 Å². The van der Waals surface area contributed by atoms with Crippen molar-refractivity contribution in [3.8, 4) is 11.4 Å². The van der Waals surface area contributed by atoms with Crippen LogP contribution in [0.25, 0.3) is 11.4 Å². The number of benzene rings is 2. The molecule has 0 saturated heterocycles. The lowest BCUT2D eigenvalue weighted by atomic mass is 10.1. The minimum atomic E-state index is -4.71. The van der Waals surface area contributed by atoms with Crippen LogP contribution >= 0.6 is 11.6 Å². The number of carbonyl (C=O) groups is 1. The van der Waals surface area contributed by atoms with Gasteiger partial charge in [-0.05, 0) is 24.6 Å². The molecule has 29 heavy (non-hydrogen) atoms. The standard InChI is InChI=1S/C19H15ClF3N3O3/c1-2-28-26(17(27)14-5-3-4-6-15(14)20)11-12-7-9-13(10-8-12)16-24-18(29-25-16)19(21,22)23/h3-10H,2,11H2,1H3. The first kappa shape index (κ1) is 20.8. The Labute approximate surface area is 168 Å². The first-order valence-corrected chi connectivity index (χ1v) is 8.87. The number of hydrogen-bond donors (Lipinski definition) is 0. The maximum Gasteiger partial charge on any atom is 0.471 e. The molecule has 0 N–H and O–H groups in total. The van der Waals surface area contributed by atoms with Crippen LogP contribution in [0, 0.1) is 0 Å². The molecule has 1 amide bonds. The molecular formula is C19H15ClF3N3O3. The van der Waals surface area contributed by atoms with Gasteiger partial charge < -0.3 is 4.52 Å². The molecule has 152 valence electrons. The van der Waals surface area contributed by atoms with Gasteiger partial charge in [0.15, 0.2) is 0 Å². The van der Waals surface area contributed by atoms with Crippen LogP contribution in [0.5, 0.6) is 0 Å².